The number of benzene rings is 2. The first-order valence-electron chi connectivity index (χ1n) is 11.0. The molecule has 0 fully saturated rings. The van der Waals surface area contributed by atoms with Crippen molar-refractivity contribution in [3.05, 3.63) is 88.0 Å². The van der Waals surface area contributed by atoms with E-state index in [0.29, 0.717) is 22.7 Å². The summed E-state index contributed by atoms with van der Waals surface area (Å²) in [6.45, 7) is 7.85. The number of nitrogens with two attached hydrogens (primary N) is 1. The van der Waals surface area contributed by atoms with Crippen molar-refractivity contribution < 1.29 is 9.18 Å². The number of carbonyl (C=O) groups is 1. The lowest BCUT2D eigenvalue weighted by atomic mass is 10.0. The van der Waals surface area contributed by atoms with Gasteiger partial charge in [-0.15, -0.1) is 5.73 Å². The van der Waals surface area contributed by atoms with Crippen LogP contribution >= 0.6 is 11.6 Å². The molecule has 0 bridgehead atoms. The summed E-state index contributed by atoms with van der Waals surface area (Å²) < 4.78 is 13.2. The molecule has 5 nitrogen and oxygen atoms in total. The van der Waals surface area contributed by atoms with Gasteiger partial charge in [-0.25, -0.2) is 9.38 Å². The third kappa shape index (κ3) is 9.62. The second-order valence-corrected chi connectivity index (χ2v) is 9.13. The minimum absolute atomic E-state index is 0.266. The van der Waals surface area contributed by atoms with Crippen molar-refractivity contribution in [3.8, 4) is 0 Å². The fourth-order valence-electron chi connectivity index (χ4n) is 2.91. The molecule has 1 amide bonds. The smallest absolute Gasteiger partial charge is 0.257 e. The summed E-state index contributed by atoms with van der Waals surface area (Å²) in [7, 11) is 0. The van der Waals surface area contributed by atoms with Crippen molar-refractivity contribution in [2.24, 2.45) is 10.7 Å². The van der Waals surface area contributed by atoms with Gasteiger partial charge in [0.25, 0.3) is 5.91 Å². The van der Waals surface area contributed by atoms with Crippen molar-refractivity contribution in [2.75, 3.05) is 0 Å². The van der Waals surface area contributed by atoms with Crippen LogP contribution in [0.2, 0.25) is 5.02 Å². The van der Waals surface area contributed by atoms with Gasteiger partial charge in [-0.1, -0.05) is 37.1 Å². The summed E-state index contributed by atoms with van der Waals surface area (Å²) in [4.78, 5) is 17.4. The van der Waals surface area contributed by atoms with Gasteiger partial charge >= 0.3 is 0 Å². The van der Waals surface area contributed by atoms with Gasteiger partial charge in [0, 0.05) is 23.0 Å². The maximum atomic E-state index is 13.2. The zero-order chi connectivity index (χ0) is 24.4. The van der Waals surface area contributed by atoms with Crippen LogP contribution in [0.5, 0.6) is 0 Å². The minimum atomic E-state index is -0.467. The Bertz CT molecular complexity index is 1040. The first kappa shape index (κ1) is 26.3. The van der Waals surface area contributed by atoms with Crippen LogP contribution in [0.3, 0.4) is 0 Å². The lowest BCUT2D eigenvalue weighted by Crippen LogP contribution is -2.42. The van der Waals surface area contributed by atoms with Gasteiger partial charge in [0.15, 0.2) is 0 Å². The average molecular weight is 471 g/mol. The average Bonchev–Trinajstić information content (AvgIpc) is 2.73. The van der Waals surface area contributed by atoms with Crippen LogP contribution in [0.4, 0.5) is 4.39 Å². The largest absolute Gasteiger partial charge is 0.324 e. The quantitative estimate of drug-likeness (QED) is 0.268. The fourth-order valence-corrected chi connectivity index (χ4v) is 3.11. The van der Waals surface area contributed by atoms with Crippen LogP contribution < -0.4 is 16.4 Å². The van der Waals surface area contributed by atoms with Crippen LogP contribution in [0.1, 0.15) is 68.9 Å². The number of nitrogens with zero attached hydrogens (tertiary/aromatic N) is 1. The molecule has 4 N–H and O–H groups in total. The van der Waals surface area contributed by atoms with Crippen molar-refractivity contribution in [2.45, 2.75) is 58.5 Å². The first-order valence-corrected chi connectivity index (χ1v) is 11.3. The van der Waals surface area contributed by atoms with Crippen molar-refractivity contribution >= 4 is 23.5 Å². The van der Waals surface area contributed by atoms with Crippen molar-refractivity contribution in [1.82, 2.24) is 10.6 Å². The van der Waals surface area contributed by atoms with Gasteiger partial charge in [-0.3, -0.25) is 10.1 Å². The number of amides is 1. The van der Waals surface area contributed by atoms with Crippen molar-refractivity contribution in [1.29, 1.82) is 0 Å². The van der Waals surface area contributed by atoms with Crippen LogP contribution in [0.15, 0.2) is 71.0 Å². The maximum absolute atomic E-state index is 13.2. The number of unbranched alkanes of at least 4 members (excludes halogenated alkanes) is 1. The SMILES string of the molecule is CCCC=C=C(CC(N)c1cccc(Cl)c1)NC(=NC(C)(C)C)NC(=O)c1ccc(F)cc1. The summed E-state index contributed by atoms with van der Waals surface area (Å²) >= 11 is 6.12. The number of carbonyl (C=O) groups excluding carboxylic acids is 1. The highest BCUT2D eigenvalue weighted by atomic mass is 35.5. The number of hydrogen-bond acceptors (Lipinski definition) is 3. The second-order valence-electron chi connectivity index (χ2n) is 8.70. The third-order valence-corrected chi connectivity index (χ3v) is 4.70. The molecule has 176 valence electrons. The van der Waals surface area contributed by atoms with Crippen LogP contribution in [-0.4, -0.2) is 17.4 Å². The maximum Gasteiger partial charge on any atom is 0.257 e. The Balaban J connectivity index is 2.30. The number of guanidine groups is 1. The molecule has 0 saturated heterocycles. The lowest BCUT2D eigenvalue weighted by molar-refractivity contribution is 0.0976. The van der Waals surface area contributed by atoms with Crippen LogP contribution in [0.25, 0.3) is 0 Å². The first-order chi connectivity index (χ1) is 15.6. The molecule has 2 aromatic carbocycles. The van der Waals surface area contributed by atoms with E-state index in [-0.39, 0.29) is 12.0 Å². The zero-order valence-electron chi connectivity index (χ0n) is 19.6. The molecule has 0 aliphatic heterocycles. The number of halogens is 2. The topological polar surface area (TPSA) is 79.5 Å². The number of aliphatic imine (C=N–C) groups is 1. The highest BCUT2D eigenvalue weighted by molar-refractivity contribution is 6.30. The summed E-state index contributed by atoms with van der Waals surface area (Å²) in [6.07, 6.45) is 4.19. The summed E-state index contributed by atoms with van der Waals surface area (Å²) in [5.74, 6) is -0.543. The molecular formula is C26H32ClFN4O. The zero-order valence-corrected chi connectivity index (χ0v) is 20.3. The van der Waals surface area contributed by atoms with Crippen LogP contribution in [-0.2, 0) is 0 Å². The van der Waals surface area contributed by atoms with E-state index in [9.17, 15) is 9.18 Å². The Morgan fingerprint density at radius 1 is 1.21 bits per heavy atom. The summed E-state index contributed by atoms with van der Waals surface area (Å²) in [5, 5.41) is 6.61. The Morgan fingerprint density at radius 3 is 2.52 bits per heavy atom. The van der Waals surface area contributed by atoms with Gasteiger partial charge in [0.05, 0.1) is 11.2 Å². The number of nitrogens with one attached hydrogen (secondary N) is 2. The normalized spacial score (nSPS) is 12.5. The van der Waals surface area contributed by atoms with E-state index in [1.54, 1.807) is 6.07 Å². The van der Waals surface area contributed by atoms with E-state index in [0.717, 1.165) is 18.4 Å². The van der Waals surface area contributed by atoms with E-state index < -0.39 is 17.3 Å². The van der Waals surface area contributed by atoms with Gasteiger partial charge in [0.2, 0.25) is 5.96 Å². The molecular weight excluding hydrogens is 439 g/mol. The molecule has 1 atom stereocenters. The molecule has 0 radical (unpaired) electrons. The van der Waals surface area contributed by atoms with Gasteiger partial charge in [0.1, 0.15) is 5.82 Å². The third-order valence-electron chi connectivity index (χ3n) is 4.47. The molecule has 0 aliphatic rings. The molecule has 33 heavy (non-hydrogen) atoms. The predicted octanol–water partition coefficient (Wildman–Crippen LogP) is 5.88. The highest BCUT2D eigenvalue weighted by Crippen LogP contribution is 2.21. The molecule has 0 spiro atoms. The molecule has 7 heteroatoms. The van der Waals surface area contributed by atoms with E-state index in [1.807, 2.05) is 45.0 Å². The van der Waals surface area contributed by atoms with Gasteiger partial charge in [-0.05, 0) is 75.2 Å². The Kier molecular flexibility index (Phi) is 9.86. The van der Waals surface area contributed by atoms with E-state index in [1.165, 1.54) is 24.3 Å². The molecule has 2 rings (SSSR count). The summed E-state index contributed by atoms with van der Waals surface area (Å²) in [5.41, 5.74) is 11.1. The minimum Gasteiger partial charge on any atom is -0.324 e. The molecule has 2 aromatic rings. The molecule has 0 saturated carbocycles. The van der Waals surface area contributed by atoms with E-state index in [4.69, 9.17) is 17.3 Å². The number of rotatable bonds is 7. The molecule has 0 aliphatic carbocycles. The standard InChI is InChI=1S/C26H32ClFN4O/c1-5-6-7-11-22(17-23(29)19-9-8-10-20(27)16-19)30-25(32-26(2,3)4)31-24(33)18-12-14-21(28)15-13-18/h7-10,12-16,23H,5-6,17,29H2,1-4H3,(H2,30,31,32,33). The van der Waals surface area contributed by atoms with Gasteiger partial charge in [-0.2, -0.15) is 0 Å². The molecule has 1 unspecified atom stereocenters. The predicted molar refractivity (Wildman–Crippen MR) is 134 cm³/mol. The number of hydrogen-bond donors (Lipinski definition) is 3. The monoisotopic (exact) mass is 470 g/mol. The Labute approximate surface area is 200 Å². The van der Waals surface area contributed by atoms with E-state index >= 15 is 0 Å². The summed E-state index contributed by atoms with van der Waals surface area (Å²) in [6, 6.07) is 12.4. The molecule has 0 heterocycles. The highest BCUT2D eigenvalue weighted by Gasteiger charge is 2.17. The Morgan fingerprint density at radius 2 is 1.91 bits per heavy atom. The van der Waals surface area contributed by atoms with Crippen LogP contribution in [0, 0.1) is 5.82 Å². The van der Waals surface area contributed by atoms with E-state index in [2.05, 4.69) is 28.3 Å². The Hall–Kier alpha value is -2.92. The lowest BCUT2D eigenvalue weighted by Gasteiger charge is -2.20. The second kappa shape index (κ2) is 12.4. The fraction of sp³-hybridized carbons (Fsp3) is 0.346. The van der Waals surface area contributed by atoms with Gasteiger partial charge < -0.3 is 11.1 Å². The van der Waals surface area contributed by atoms with Crippen molar-refractivity contribution in [3.63, 3.8) is 0 Å². The molecule has 0 aromatic heterocycles.